The Balaban J connectivity index is 1.86. The first-order chi connectivity index (χ1) is 9.95. The zero-order valence-electron chi connectivity index (χ0n) is 11.3. The van der Waals surface area contributed by atoms with E-state index in [1.165, 1.54) is 12.1 Å². The Morgan fingerprint density at radius 1 is 1.38 bits per heavy atom. The van der Waals surface area contributed by atoms with Gasteiger partial charge >= 0.3 is 0 Å². The smallest absolute Gasteiger partial charge is 0.241 e. The SMILES string of the molecule is CC(NS(=O)(=O)c1ccc2c(c1)CC(=O)N2)c1ncc[nH]1. The van der Waals surface area contributed by atoms with Crippen LogP contribution in [0.5, 0.6) is 0 Å². The molecule has 1 aliphatic rings. The van der Waals surface area contributed by atoms with Gasteiger partial charge in [-0.2, -0.15) is 0 Å². The number of benzene rings is 1. The molecule has 0 bridgehead atoms. The maximum absolute atomic E-state index is 12.4. The fourth-order valence-corrected chi connectivity index (χ4v) is 3.50. The minimum atomic E-state index is -3.67. The zero-order chi connectivity index (χ0) is 15.0. The van der Waals surface area contributed by atoms with Crippen LogP contribution in [0.4, 0.5) is 5.69 Å². The molecule has 1 aromatic carbocycles. The summed E-state index contributed by atoms with van der Waals surface area (Å²) in [5, 5.41) is 2.67. The van der Waals surface area contributed by atoms with Gasteiger partial charge in [0, 0.05) is 18.1 Å². The van der Waals surface area contributed by atoms with Crippen LogP contribution in [0.3, 0.4) is 0 Å². The van der Waals surface area contributed by atoms with Gasteiger partial charge in [-0.3, -0.25) is 4.79 Å². The highest BCUT2D eigenvalue weighted by Crippen LogP contribution is 2.26. The summed E-state index contributed by atoms with van der Waals surface area (Å²) >= 11 is 0. The maximum Gasteiger partial charge on any atom is 0.241 e. The Kier molecular flexibility index (Phi) is 3.26. The molecule has 110 valence electrons. The Bertz CT molecular complexity index is 784. The van der Waals surface area contributed by atoms with Crippen molar-refractivity contribution < 1.29 is 13.2 Å². The Hall–Kier alpha value is -2.19. The van der Waals surface area contributed by atoms with Crippen LogP contribution in [0, 0.1) is 0 Å². The molecule has 2 heterocycles. The van der Waals surface area contributed by atoms with Gasteiger partial charge in [-0.25, -0.2) is 18.1 Å². The summed E-state index contributed by atoms with van der Waals surface area (Å²) in [5.41, 5.74) is 1.35. The van der Waals surface area contributed by atoms with Crippen molar-refractivity contribution >= 4 is 21.6 Å². The van der Waals surface area contributed by atoms with Crippen LogP contribution in [0.2, 0.25) is 0 Å². The molecule has 3 rings (SSSR count). The predicted molar refractivity (Wildman–Crippen MR) is 76.1 cm³/mol. The van der Waals surface area contributed by atoms with Crippen LogP contribution in [0.25, 0.3) is 0 Å². The van der Waals surface area contributed by atoms with Crippen LogP contribution in [-0.2, 0) is 21.2 Å². The number of carbonyl (C=O) groups excluding carboxylic acids is 1. The van der Waals surface area contributed by atoms with Gasteiger partial charge in [-0.05, 0) is 30.7 Å². The second-order valence-corrected chi connectivity index (χ2v) is 6.58. The average Bonchev–Trinajstić information content (AvgIpc) is 3.04. The van der Waals surface area contributed by atoms with E-state index in [0.717, 1.165) is 0 Å². The largest absolute Gasteiger partial charge is 0.347 e. The molecule has 0 spiro atoms. The number of rotatable bonds is 4. The molecule has 0 saturated heterocycles. The van der Waals surface area contributed by atoms with Gasteiger partial charge in [-0.15, -0.1) is 0 Å². The lowest BCUT2D eigenvalue weighted by Gasteiger charge is -2.12. The second kappa shape index (κ2) is 4.97. The normalized spacial score (nSPS) is 15.6. The number of carbonyl (C=O) groups is 1. The molecule has 1 amide bonds. The fraction of sp³-hybridized carbons (Fsp3) is 0.231. The lowest BCUT2D eigenvalue weighted by Crippen LogP contribution is -2.27. The molecule has 21 heavy (non-hydrogen) atoms. The number of amides is 1. The van der Waals surface area contributed by atoms with E-state index in [0.29, 0.717) is 17.1 Å². The van der Waals surface area contributed by atoms with E-state index in [-0.39, 0.29) is 17.2 Å². The number of sulfonamides is 1. The highest BCUT2D eigenvalue weighted by molar-refractivity contribution is 7.89. The van der Waals surface area contributed by atoms with E-state index in [2.05, 4.69) is 20.0 Å². The summed E-state index contributed by atoms with van der Waals surface area (Å²) in [5.74, 6) is 0.410. The number of aromatic amines is 1. The first-order valence-electron chi connectivity index (χ1n) is 6.40. The first-order valence-corrected chi connectivity index (χ1v) is 7.88. The standard InChI is InChI=1S/C13H14N4O3S/c1-8(13-14-4-5-15-13)17-21(19,20)10-2-3-11-9(6-10)7-12(18)16-11/h2-6,8,17H,7H2,1H3,(H,14,15)(H,16,18). The van der Waals surface area contributed by atoms with Crippen LogP contribution < -0.4 is 10.0 Å². The summed E-state index contributed by atoms with van der Waals surface area (Å²) in [6, 6.07) is 4.12. The van der Waals surface area contributed by atoms with Crippen molar-refractivity contribution in [2.45, 2.75) is 24.3 Å². The third-order valence-corrected chi connectivity index (χ3v) is 4.81. The fourth-order valence-electron chi connectivity index (χ4n) is 2.24. The summed E-state index contributed by atoms with van der Waals surface area (Å²) in [6.07, 6.45) is 3.39. The lowest BCUT2D eigenvalue weighted by atomic mass is 10.2. The van der Waals surface area contributed by atoms with Gasteiger partial charge in [0.15, 0.2) is 0 Å². The summed E-state index contributed by atoms with van der Waals surface area (Å²) in [7, 11) is -3.67. The van der Waals surface area contributed by atoms with E-state index < -0.39 is 16.1 Å². The summed E-state index contributed by atoms with van der Waals surface area (Å²) in [4.78, 5) is 18.3. The predicted octanol–water partition coefficient (Wildman–Crippen LogP) is 0.944. The monoisotopic (exact) mass is 306 g/mol. The number of aromatic nitrogens is 2. The molecule has 1 aliphatic heterocycles. The Morgan fingerprint density at radius 3 is 2.90 bits per heavy atom. The second-order valence-electron chi connectivity index (χ2n) is 4.86. The molecule has 3 N–H and O–H groups in total. The first kappa shape index (κ1) is 13.8. The minimum absolute atomic E-state index is 0.128. The lowest BCUT2D eigenvalue weighted by molar-refractivity contribution is -0.115. The summed E-state index contributed by atoms with van der Waals surface area (Å²) in [6.45, 7) is 1.70. The number of fused-ring (bicyclic) bond motifs is 1. The molecule has 0 radical (unpaired) electrons. The minimum Gasteiger partial charge on any atom is -0.347 e. The van der Waals surface area contributed by atoms with Gasteiger partial charge in [0.2, 0.25) is 15.9 Å². The van der Waals surface area contributed by atoms with Crippen molar-refractivity contribution in [1.29, 1.82) is 0 Å². The average molecular weight is 306 g/mol. The third-order valence-electron chi connectivity index (χ3n) is 3.27. The van der Waals surface area contributed by atoms with Gasteiger partial charge < -0.3 is 10.3 Å². The Labute approximate surface area is 121 Å². The quantitative estimate of drug-likeness (QED) is 0.782. The molecule has 1 aromatic heterocycles. The van der Waals surface area contributed by atoms with Gasteiger partial charge in [0.05, 0.1) is 17.4 Å². The van der Waals surface area contributed by atoms with E-state index in [1.54, 1.807) is 25.4 Å². The van der Waals surface area contributed by atoms with Crippen LogP contribution in [0.1, 0.15) is 24.4 Å². The number of anilines is 1. The molecule has 8 heteroatoms. The Morgan fingerprint density at radius 2 is 2.19 bits per heavy atom. The molecule has 0 fully saturated rings. The van der Waals surface area contributed by atoms with Crippen molar-refractivity contribution in [1.82, 2.24) is 14.7 Å². The number of hydrogen-bond acceptors (Lipinski definition) is 4. The molecule has 0 saturated carbocycles. The van der Waals surface area contributed by atoms with E-state index >= 15 is 0 Å². The van der Waals surface area contributed by atoms with Crippen molar-refractivity contribution in [3.8, 4) is 0 Å². The van der Waals surface area contributed by atoms with Crippen molar-refractivity contribution in [2.75, 3.05) is 5.32 Å². The number of hydrogen-bond donors (Lipinski definition) is 3. The third kappa shape index (κ3) is 2.67. The van der Waals surface area contributed by atoms with Crippen molar-refractivity contribution in [3.63, 3.8) is 0 Å². The van der Waals surface area contributed by atoms with Crippen LogP contribution in [-0.4, -0.2) is 24.3 Å². The van der Waals surface area contributed by atoms with E-state index in [4.69, 9.17) is 0 Å². The molecule has 7 nitrogen and oxygen atoms in total. The van der Waals surface area contributed by atoms with E-state index in [1.807, 2.05) is 0 Å². The molecular weight excluding hydrogens is 292 g/mol. The molecule has 1 atom stereocenters. The highest BCUT2D eigenvalue weighted by Gasteiger charge is 2.23. The van der Waals surface area contributed by atoms with Crippen LogP contribution in [0.15, 0.2) is 35.5 Å². The molecule has 1 unspecified atom stereocenters. The topological polar surface area (TPSA) is 104 Å². The van der Waals surface area contributed by atoms with Gasteiger partial charge in [0.1, 0.15) is 5.82 Å². The maximum atomic E-state index is 12.4. The molecule has 2 aromatic rings. The summed E-state index contributed by atoms with van der Waals surface area (Å²) < 4.78 is 27.3. The molecular formula is C13H14N4O3S. The number of H-pyrrole nitrogens is 1. The zero-order valence-corrected chi connectivity index (χ0v) is 12.1. The van der Waals surface area contributed by atoms with Crippen molar-refractivity contribution in [2.24, 2.45) is 0 Å². The van der Waals surface area contributed by atoms with Crippen molar-refractivity contribution in [3.05, 3.63) is 42.0 Å². The number of nitrogens with zero attached hydrogens (tertiary/aromatic N) is 1. The van der Waals surface area contributed by atoms with Gasteiger partial charge in [0.25, 0.3) is 0 Å². The number of imidazole rings is 1. The molecule has 0 aliphatic carbocycles. The highest BCUT2D eigenvalue weighted by atomic mass is 32.2. The van der Waals surface area contributed by atoms with Crippen LogP contribution >= 0.6 is 0 Å². The number of nitrogens with one attached hydrogen (secondary N) is 3. The van der Waals surface area contributed by atoms with Gasteiger partial charge in [-0.1, -0.05) is 0 Å². The van der Waals surface area contributed by atoms with E-state index in [9.17, 15) is 13.2 Å².